The SMILES string of the molecule is CC(C)[C@H](CO)Nc1nc(Nc2ccc(N3CCOCC3)cc2)cc(-c2ccccc2)n1. The molecule has 168 valence electrons. The maximum atomic E-state index is 9.74. The molecule has 1 saturated heterocycles. The van der Waals surface area contributed by atoms with Crippen LogP contribution in [0.3, 0.4) is 0 Å². The highest BCUT2D eigenvalue weighted by Gasteiger charge is 2.15. The molecule has 1 atom stereocenters. The van der Waals surface area contributed by atoms with Gasteiger partial charge in [-0.1, -0.05) is 44.2 Å². The number of morpholine rings is 1. The maximum Gasteiger partial charge on any atom is 0.225 e. The molecule has 32 heavy (non-hydrogen) atoms. The topological polar surface area (TPSA) is 82.5 Å². The van der Waals surface area contributed by atoms with E-state index in [9.17, 15) is 5.11 Å². The fourth-order valence-corrected chi connectivity index (χ4v) is 3.65. The van der Waals surface area contributed by atoms with Crippen LogP contribution in [0.4, 0.5) is 23.1 Å². The van der Waals surface area contributed by atoms with Gasteiger partial charge in [0, 0.05) is 36.1 Å². The van der Waals surface area contributed by atoms with E-state index in [4.69, 9.17) is 9.72 Å². The smallest absolute Gasteiger partial charge is 0.225 e. The number of nitrogens with zero attached hydrogens (tertiary/aromatic N) is 3. The van der Waals surface area contributed by atoms with E-state index in [1.807, 2.05) is 36.4 Å². The average molecular weight is 434 g/mol. The Bertz CT molecular complexity index is 989. The van der Waals surface area contributed by atoms with E-state index in [0.29, 0.717) is 11.8 Å². The second-order valence-corrected chi connectivity index (χ2v) is 8.28. The number of aliphatic hydroxyl groups is 1. The van der Waals surface area contributed by atoms with Crippen LogP contribution >= 0.6 is 0 Å². The minimum absolute atomic E-state index is 0.0162. The van der Waals surface area contributed by atoms with Gasteiger partial charge in [-0.2, -0.15) is 4.98 Å². The molecular weight excluding hydrogens is 402 g/mol. The summed E-state index contributed by atoms with van der Waals surface area (Å²) < 4.78 is 5.44. The second-order valence-electron chi connectivity index (χ2n) is 8.28. The van der Waals surface area contributed by atoms with Crippen molar-refractivity contribution in [3.8, 4) is 11.3 Å². The summed E-state index contributed by atoms with van der Waals surface area (Å²) in [5, 5.41) is 16.4. The summed E-state index contributed by atoms with van der Waals surface area (Å²) in [5.41, 5.74) is 3.97. The van der Waals surface area contributed by atoms with Gasteiger partial charge in [0.2, 0.25) is 5.95 Å². The second kappa shape index (κ2) is 10.4. The van der Waals surface area contributed by atoms with Gasteiger partial charge in [-0.15, -0.1) is 0 Å². The fraction of sp³-hybridized carbons (Fsp3) is 0.360. The molecule has 1 aromatic heterocycles. The first-order valence-electron chi connectivity index (χ1n) is 11.1. The van der Waals surface area contributed by atoms with Crippen LogP contribution in [-0.2, 0) is 4.74 Å². The Morgan fingerprint density at radius 2 is 1.72 bits per heavy atom. The predicted octanol–water partition coefficient (Wildman–Crippen LogP) is 4.15. The largest absolute Gasteiger partial charge is 0.394 e. The van der Waals surface area contributed by atoms with Crippen LogP contribution in [0, 0.1) is 5.92 Å². The zero-order valence-electron chi connectivity index (χ0n) is 18.7. The fourth-order valence-electron chi connectivity index (χ4n) is 3.65. The molecule has 0 aliphatic carbocycles. The minimum Gasteiger partial charge on any atom is -0.394 e. The first kappa shape index (κ1) is 22.0. The van der Waals surface area contributed by atoms with Crippen molar-refractivity contribution >= 4 is 23.1 Å². The van der Waals surface area contributed by atoms with Crippen molar-refractivity contribution in [1.82, 2.24) is 9.97 Å². The van der Waals surface area contributed by atoms with Gasteiger partial charge in [0.05, 0.1) is 31.6 Å². The standard InChI is InChI=1S/C25H31N5O2/c1-18(2)23(17-31)28-25-27-22(19-6-4-3-5-7-19)16-24(29-25)26-20-8-10-21(11-9-20)30-12-14-32-15-13-30/h3-11,16,18,23,31H,12-15,17H2,1-2H3,(H2,26,27,28,29)/t23-/m0/s1. The lowest BCUT2D eigenvalue weighted by Crippen LogP contribution is -2.36. The van der Waals surface area contributed by atoms with Crippen molar-refractivity contribution in [2.75, 3.05) is 48.4 Å². The summed E-state index contributed by atoms with van der Waals surface area (Å²) in [6.45, 7) is 7.50. The van der Waals surface area contributed by atoms with Gasteiger partial charge in [-0.05, 0) is 30.2 Å². The number of aliphatic hydroxyl groups excluding tert-OH is 1. The number of anilines is 4. The Labute approximate surface area is 189 Å². The van der Waals surface area contributed by atoms with E-state index in [2.05, 4.69) is 58.6 Å². The van der Waals surface area contributed by atoms with E-state index in [-0.39, 0.29) is 18.6 Å². The number of hydrogen-bond donors (Lipinski definition) is 3. The van der Waals surface area contributed by atoms with Crippen molar-refractivity contribution in [3.63, 3.8) is 0 Å². The lowest BCUT2D eigenvalue weighted by atomic mass is 10.1. The van der Waals surface area contributed by atoms with Gasteiger partial charge in [0.25, 0.3) is 0 Å². The summed E-state index contributed by atoms with van der Waals surface area (Å²) in [5.74, 6) is 1.43. The van der Waals surface area contributed by atoms with Gasteiger partial charge in [0.15, 0.2) is 0 Å². The van der Waals surface area contributed by atoms with E-state index >= 15 is 0 Å². The Balaban J connectivity index is 1.58. The molecule has 1 aliphatic heterocycles. The molecule has 0 spiro atoms. The van der Waals surface area contributed by atoms with E-state index in [0.717, 1.165) is 43.2 Å². The van der Waals surface area contributed by atoms with Crippen LogP contribution in [0.2, 0.25) is 0 Å². The van der Waals surface area contributed by atoms with Crippen molar-refractivity contribution < 1.29 is 9.84 Å². The Kier molecular flexibility index (Phi) is 7.19. The van der Waals surface area contributed by atoms with Gasteiger partial charge >= 0.3 is 0 Å². The first-order valence-corrected chi connectivity index (χ1v) is 11.1. The van der Waals surface area contributed by atoms with Gasteiger partial charge in [-0.25, -0.2) is 4.98 Å². The Morgan fingerprint density at radius 1 is 1.00 bits per heavy atom. The number of rotatable bonds is 8. The van der Waals surface area contributed by atoms with Crippen LogP contribution in [0.25, 0.3) is 11.3 Å². The number of aromatic nitrogens is 2. The quantitative estimate of drug-likeness (QED) is 0.492. The summed E-state index contributed by atoms with van der Waals surface area (Å²) in [7, 11) is 0. The van der Waals surface area contributed by atoms with Crippen LogP contribution in [0.5, 0.6) is 0 Å². The molecule has 0 bridgehead atoms. The summed E-state index contributed by atoms with van der Waals surface area (Å²) in [4.78, 5) is 11.7. The highest BCUT2D eigenvalue weighted by molar-refractivity contribution is 5.68. The molecule has 4 rings (SSSR count). The molecule has 0 saturated carbocycles. The molecule has 7 nitrogen and oxygen atoms in total. The summed E-state index contributed by atoms with van der Waals surface area (Å²) in [6, 6.07) is 20.2. The van der Waals surface area contributed by atoms with Crippen molar-refractivity contribution in [1.29, 1.82) is 0 Å². The van der Waals surface area contributed by atoms with E-state index < -0.39 is 0 Å². The molecule has 0 amide bonds. The first-order chi connectivity index (χ1) is 15.6. The van der Waals surface area contributed by atoms with Crippen molar-refractivity contribution in [3.05, 3.63) is 60.7 Å². The molecule has 3 N–H and O–H groups in total. The monoisotopic (exact) mass is 433 g/mol. The normalized spacial score (nSPS) is 14.9. The van der Waals surface area contributed by atoms with E-state index in [1.165, 1.54) is 5.69 Å². The molecule has 1 fully saturated rings. The number of benzene rings is 2. The number of hydrogen-bond acceptors (Lipinski definition) is 7. The number of ether oxygens (including phenoxy) is 1. The predicted molar refractivity (Wildman–Crippen MR) is 130 cm³/mol. The van der Waals surface area contributed by atoms with Gasteiger partial charge in [0.1, 0.15) is 5.82 Å². The van der Waals surface area contributed by atoms with Crippen LogP contribution in [0.1, 0.15) is 13.8 Å². The zero-order chi connectivity index (χ0) is 22.3. The summed E-state index contributed by atoms with van der Waals surface area (Å²) in [6.07, 6.45) is 0. The Hall–Kier alpha value is -3.16. The molecule has 2 heterocycles. The molecule has 1 aliphatic rings. The molecule has 7 heteroatoms. The van der Waals surface area contributed by atoms with E-state index in [1.54, 1.807) is 0 Å². The lowest BCUT2D eigenvalue weighted by Gasteiger charge is -2.28. The third-order valence-corrected chi connectivity index (χ3v) is 5.63. The third kappa shape index (κ3) is 5.55. The van der Waals surface area contributed by atoms with Crippen molar-refractivity contribution in [2.24, 2.45) is 5.92 Å². The van der Waals surface area contributed by atoms with Gasteiger partial charge < -0.3 is 25.4 Å². The summed E-state index contributed by atoms with van der Waals surface area (Å²) >= 11 is 0. The molecule has 3 aromatic rings. The molecule has 2 aromatic carbocycles. The molecule has 0 unspecified atom stereocenters. The van der Waals surface area contributed by atoms with Crippen molar-refractivity contribution in [2.45, 2.75) is 19.9 Å². The van der Waals surface area contributed by atoms with Crippen LogP contribution < -0.4 is 15.5 Å². The van der Waals surface area contributed by atoms with Gasteiger partial charge in [-0.3, -0.25) is 0 Å². The number of nitrogens with one attached hydrogen (secondary N) is 2. The highest BCUT2D eigenvalue weighted by atomic mass is 16.5. The molecular formula is C25H31N5O2. The minimum atomic E-state index is -0.123. The molecule has 0 radical (unpaired) electrons. The van der Waals surface area contributed by atoms with Crippen LogP contribution in [0.15, 0.2) is 60.7 Å². The lowest BCUT2D eigenvalue weighted by molar-refractivity contribution is 0.122. The maximum absolute atomic E-state index is 9.74. The average Bonchev–Trinajstić information content (AvgIpc) is 2.84. The third-order valence-electron chi connectivity index (χ3n) is 5.63. The Morgan fingerprint density at radius 3 is 2.38 bits per heavy atom. The van der Waals surface area contributed by atoms with Crippen LogP contribution in [-0.4, -0.2) is 54.0 Å². The highest BCUT2D eigenvalue weighted by Crippen LogP contribution is 2.26. The zero-order valence-corrected chi connectivity index (χ0v) is 18.7.